The number of hydrogen-bond donors (Lipinski definition) is 2. The van der Waals surface area contributed by atoms with Gasteiger partial charge >= 0.3 is 0 Å². The first-order valence-corrected chi connectivity index (χ1v) is 7.46. The SMILES string of the molecule is C=CCN1CCC(NC(=O)C(CC)(CC)CN)CC1. The van der Waals surface area contributed by atoms with Crippen LogP contribution in [0.25, 0.3) is 0 Å². The Morgan fingerprint density at radius 3 is 2.42 bits per heavy atom. The van der Waals surface area contributed by atoms with Gasteiger partial charge in [0, 0.05) is 32.2 Å². The zero-order chi connectivity index (χ0) is 14.3. The van der Waals surface area contributed by atoms with Crippen molar-refractivity contribution in [2.75, 3.05) is 26.2 Å². The lowest BCUT2D eigenvalue weighted by molar-refractivity contribution is -0.132. The third kappa shape index (κ3) is 4.05. The van der Waals surface area contributed by atoms with Crippen molar-refractivity contribution in [1.29, 1.82) is 0 Å². The van der Waals surface area contributed by atoms with E-state index in [2.05, 4.69) is 16.8 Å². The molecule has 1 amide bonds. The van der Waals surface area contributed by atoms with Crippen LogP contribution >= 0.6 is 0 Å². The molecular weight excluding hydrogens is 238 g/mol. The van der Waals surface area contributed by atoms with E-state index in [0.717, 1.165) is 45.3 Å². The third-order valence-electron chi connectivity index (χ3n) is 4.54. The fourth-order valence-corrected chi connectivity index (χ4v) is 2.73. The van der Waals surface area contributed by atoms with E-state index in [0.29, 0.717) is 12.6 Å². The number of carbonyl (C=O) groups excluding carboxylic acids is 1. The van der Waals surface area contributed by atoms with E-state index in [-0.39, 0.29) is 11.3 Å². The normalized spacial score (nSPS) is 18.3. The van der Waals surface area contributed by atoms with Crippen LogP contribution < -0.4 is 11.1 Å². The van der Waals surface area contributed by atoms with Crippen LogP contribution in [0.15, 0.2) is 12.7 Å². The van der Waals surface area contributed by atoms with Gasteiger partial charge < -0.3 is 11.1 Å². The number of likely N-dealkylation sites (tertiary alicyclic amines) is 1. The maximum Gasteiger partial charge on any atom is 0.227 e. The van der Waals surface area contributed by atoms with Crippen molar-refractivity contribution in [3.05, 3.63) is 12.7 Å². The van der Waals surface area contributed by atoms with Gasteiger partial charge in [0.2, 0.25) is 5.91 Å². The lowest BCUT2D eigenvalue weighted by Gasteiger charge is -2.35. The smallest absolute Gasteiger partial charge is 0.227 e. The summed E-state index contributed by atoms with van der Waals surface area (Å²) in [6, 6.07) is 0.303. The minimum atomic E-state index is -0.377. The van der Waals surface area contributed by atoms with Gasteiger partial charge in [-0.15, -0.1) is 6.58 Å². The molecule has 110 valence electrons. The van der Waals surface area contributed by atoms with E-state index >= 15 is 0 Å². The molecule has 0 bridgehead atoms. The molecule has 1 heterocycles. The summed E-state index contributed by atoms with van der Waals surface area (Å²) in [4.78, 5) is 14.8. The molecule has 1 fully saturated rings. The first-order valence-electron chi connectivity index (χ1n) is 7.46. The molecule has 4 nitrogen and oxygen atoms in total. The maximum atomic E-state index is 12.4. The van der Waals surface area contributed by atoms with Gasteiger partial charge in [0.25, 0.3) is 0 Å². The highest BCUT2D eigenvalue weighted by Crippen LogP contribution is 2.25. The summed E-state index contributed by atoms with van der Waals surface area (Å²) >= 11 is 0. The Morgan fingerprint density at radius 2 is 2.00 bits per heavy atom. The summed E-state index contributed by atoms with van der Waals surface area (Å²) in [5.74, 6) is 0.141. The largest absolute Gasteiger partial charge is 0.353 e. The van der Waals surface area contributed by atoms with Gasteiger partial charge in [0.1, 0.15) is 0 Å². The molecule has 0 aliphatic carbocycles. The number of rotatable bonds is 7. The fraction of sp³-hybridized carbons (Fsp3) is 0.800. The van der Waals surface area contributed by atoms with E-state index < -0.39 is 0 Å². The molecule has 4 heteroatoms. The van der Waals surface area contributed by atoms with Crippen molar-refractivity contribution >= 4 is 5.91 Å². The Kier molecular flexibility index (Phi) is 6.52. The molecule has 0 unspecified atom stereocenters. The molecule has 0 aromatic carbocycles. The highest BCUT2D eigenvalue weighted by Gasteiger charge is 2.34. The summed E-state index contributed by atoms with van der Waals surface area (Å²) in [6.45, 7) is 11.3. The van der Waals surface area contributed by atoms with Crippen LogP contribution in [-0.4, -0.2) is 43.0 Å². The Labute approximate surface area is 117 Å². The van der Waals surface area contributed by atoms with Crippen molar-refractivity contribution in [3.63, 3.8) is 0 Å². The number of amides is 1. The van der Waals surface area contributed by atoms with Crippen LogP contribution in [0.1, 0.15) is 39.5 Å². The standard InChI is InChI=1S/C15H29N3O/c1-4-9-18-10-7-13(8-11-18)17-14(19)15(5-2,6-3)12-16/h4,13H,1,5-12,16H2,2-3H3,(H,17,19). The molecule has 0 saturated carbocycles. The summed E-state index contributed by atoms with van der Waals surface area (Å²) in [5, 5.41) is 3.20. The second-order valence-corrected chi connectivity index (χ2v) is 5.53. The second kappa shape index (κ2) is 7.65. The first kappa shape index (κ1) is 16.2. The van der Waals surface area contributed by atoms with Gasteiger partial charge in [-0.1, -0.05) is 19.9 Å². The second-order valence-electron chi connectivity index (χ2n) is 5.53. The average molecular weight is 267 g/mol. The van der Waals surface area contributed by atoms with Gasteiger partial charge in [-0.2, -0.15) is 0 Å². The van der Waals surface area contributed by atoms with Crippen LogP contribution in [0.4, 0.5) is 0 Å². The van der Waals surface area contributed by atoms with Gasteiger partial charge in [-0.3, -0.25) is 9.69 Å². The molecule has 1 aliphatic heterocycles. The summed E-state index contributed by atoms with van der Waals surface area (Å²) in [5.41, 5.74) is 5.44. The van der Waals surface area contributed by atoms with E-state index in [1.165, 1.54) is 0 Å². The quantitative estimate of drug-likeness (QED) is 0.688. The Bertz CT molecular complexity index is 284. The van der Waals surface area contributed by atoms with Crippen LogP contribution in [0.3, 0.4) is 0 Å². The van der Waals surface area contributed by atoms with Crippen molar-refractivity contribution < 1.29 is 4.79 Å². The fourth-order valence-electron chi connectivity index (χ4n) is 2.73. The average Bonchev–Trinajstić information content (AvgIpc) is 2.44. The van der Waals surface area contributed by atoms with Crippen LogP contribution in [0.5, 0.6) is 0 Å². The minimum absolute atomic E-state index is 0.141. The molecule has 0 atom stereocenters. The lowest BCUT2D eigenvalue weighted by Crippen LogP contribution is -2.51. The monoisotopic (exact) mass is 267 g/mol. The molecule has 0 radical (unpaired) electrons. The van der Waals surface area contributed by atoms with Crippen molar-refractivity contribution in [2.24, 2.45) is 11.1 Å². The Balaban J connectivity index is 2.47. The zero-order valence-electron chi connectivity index (χ0n) is 12.5. The molecule has 0 aromatic heterocycles. The molecule has 1 saturated heterocycles. The summed E-state index contributed by atoms with van der Waals surface area (Å²) < 4.78 is 0. The first-order chi connectivity index (χ1) is 9.11. The van der Waals surface area contributed by atoms with Gasteiger partial charge in [-0.05, 0) is 25.7 Å². The highest BCUT2D eigenvalue weighted by molar-refractivity contribution is 5.83. The molecule has 3 N–H and O–H groups in total. The van der Waals surface area contributed by atoms with Crippen molar-refractivity contribution in [3.8, 4) is 0 Å². The van der Waals surface area contributed by atoms with Crippen LogP contribution in [0, 0.1) is 5.41 Å². The topological polar surface area (TPSA) is 58.4 Å². The molecular formula is C15H29N3O. The van der Waals surface area contributed by atoms with Gasteiger partial charge in [-0.25, -0.2) is 0 Å². The van der Waals surface area contributed by atoms with E-state index in [1.54, 1.807) is 0 Å². The molecule has 1 rings (SSSR count). The highest BCUT2D eigenvalue weighted by atomic mass is 16.2. The van der Waals surface area contributed by atoms with E-state index in [4.69, 9.17) is 5.73 Å². The van der Waals surface area contributed by atoms with Gasteiger partial charge in [0.05, 0.1) is 5.41 Å². The van der Waals surface area contributed by atoms with Gasteiger partial charge in [0.15, 0.2) is 0 Å². The van der Waals surface area contributed by atoms with Crippen LogP contribution in [0.2, 0.25) is 0 Å². The maximum absolute atomic E-state index is 12.4. The Morgan fingerprint density at radius 1 is 1.42 bits per heavy atom. The molecule has 19 heavy (non-hydrogen) atoms. The third-order valence-corrected chi connectivity index (χ3v) is 4.54. The van der Waals surface area contributed by atoms with Crippen molar-refractivity contribution in [1.82, 2.24) is 10.2 Å². The number of piperidine rings is 1. The number of nitrogens with zero attached hydrogens (tertiary/aromatic N) is 1. The zero-order valence-corrected chi connectivity index (χ0v) is 12.5. The Hall–Kier alpha value is -0.870. The molecule has 0 aromatic rings. The number of nitrogens with one attached hydrogen (secondary N) is 1. The lowest BCUT2D eigenvalue weighted by atomic mass is 9.81. The van der Waals surface area contributed by atoms with E-state index in [1.807, 2.05) is 19.9 Å². The molecule has 1 aliphatic rings. The summed E-state index contributed by atoms with van der Waals surface area (Å²) in [7, 11) is 0. The summed E-state index contributed by atoms with van der Waals surface area (Å²) in [6.07, 6.45) is 5.59. The van der Waals surface area contributed by atoms with Crippen molar-refractivity contribution in [2.45, 2.75) is 45.6 Å². The molecule has 0 spiro atoms. The van der Waals surface area contributed by atoms with Crippen LogP contribution in [-0.2, 0) is 4.79 Å². The predicted molar refractivity (Wildman–Crippen MR) is 79.9 cm³/mol. The number of nitrogens with two attached hydrogens (primary N) is 1. The van der Waals surface area contributed by atoms with E-state index in [9.17, 15) is 4.79 Å². The number of hydrogen-bond acceptors (Lipinski definition) is 3. The predicted octanol–water partition coefficient (Wildman–Crippen LogP) is 1.52. The minimum Gasteiger partial charge on any atom is -0.353 e. The number of carbonyl (C=O) groups is 1.